The second-order valence-corrected chi connectivity index (χ2v) is 5.43. The highest BCUT2D eigenvalue weighted by Crippen LogP contribution is 2.37. The van der Waals surface area contributed by atoms with E-state index in [1.54, 1.807) is 19.9 Å². The zero-order valence-electron chi connectivity index (χ0n) is 8.85. The summed E-state index contributed by atoms with van der Waals surface area (Å²) in [5.41, 5.74) is -0.623. The SMILES string of the molecule is CC(C)(CC(=O)O)c1c(Cl)ccc(Br)c1F. The number of aliphatic carboxylic acids is 1. The van der Waals surface area contributed by atoms with Gasteiger partial charge in [-0.2, -0.15) is 0 Å². The van der Waals surface area contributed by atoms with Crippen LogP contribution in [0.4, 0.5) is 4.39 Å². The molecule has 0 aliphatic heterocycles. The topological polar surface area (TPSA) is 37.3 Å². The molecule has 1 rings (SSSR count). The van der Waals surface area contributed by atoms with E-state index in [4.69, 9.17) is 16.7 Å². The van der Waals surface area contributed by atoms with Crippen molar-refractivity contribution in [3.8, 4) is 0 Å². The van der Waals surface area contributed by atoms with Gasteiger partial charge in [0.05, 0.1) is 10.9 Å². The zero-order chi connectivity index (χ0) is 12.5. The minimum Gasteiger partial charge on any atom is -0.481 e. The van der Waals surface area contributed by atoms with E-state index >= 15 is 0 Å². The Kier molecular flexibility index (Phi) is 3.97. The molecule has 0 aliphatic carbocycles. The van der Waals surface area contributed by atoms with Crippen molar-refractivity contribution in [3.05, 3.63) is 33.0 Å². The standard InChI is InChI=1S/C11H11BrClFO2/c1-11(2,5-8(15)16)9-7(13)4-3-6(12)10(9)14/h3-4H,5H2,1-2H3,(H,15,16). The maximum absolute atomic E-state index is 13.9. The monoisotopic (exact) mass is 308 g/mol. The third kappa shape index (κ3) is 2.74. The molecule has 0 saturated carbocycles. The molecule has 0 aromatic heterocycles. The second kappa shape index (κ2) is 4.72. The van der Waals surface area contributed by atoms with Crippen molar-refractivity contribution in [2.75, 3.05) is 0 Å². The van der Waals surface area contributed by atoms with Crippen LogP contribution in [0.5, 0.6) is 0 Å². The van der Waals surface area contributed by atoms with E-state index in [1.165, 1.54) is 6.07 Å². The number of hydrogen-bond acceptors (Lipinski definition) is 1. The molecule has 5 heteroatoms. The number of benzene rings is 1. The average molecular weight is 310 g/mol. The Morgan fingerprint density at radius 2 is 2.12 bits per heavy atom. The van der Waals surface area contributed by atoms with Crippen molar-refractivity contribution in [1.82, 2.24) is 0 Å². The van der Waals surface area contributed by atoms with Gasteiger partial charge >= 0.3 is 5.97 Å². The number of carboxylic acids is 1. The van der Waals surface area contributed by atoms with E-state index in [9.17, 15) is 9.18 Å². The molecule has 88 valence electrons. The number of halogens is 3. The van der Waals surface area contributed by atoms with Gasteiger partial charge in [-0.05, 0) is 28.1 Å². The molecule has 0 spiro atoms. The van der Waals surface area contributed by atoms with Crippen LogP contribution in [0, 0.1) is 5.82 Å². The van der Waals surface area contributed by atoms with E-state index in [2.05, 4.69) is 15.9 Å². The normalized spacial score (nSPS) is 11.6. The van der Waals surface area contributed by atoms with Gasteiger partial charge in [0.25, 0.3) is 0 Å². The highest BCUT2D eigenvalue weighted by atomic mass is 79.9. The Balaban J connectivity index is 3.31. The van der Waals surface area contributed by atoms with Gasteiger partial charge in [0.15, 0.2) is 0 Å². The third-order valence-electron chi connectivity index (χ3n) is 2.31. The van der Waals surface area contributed by atoms with Gasteiger partial charge in [0.2, 0.25) is 0 Å². The summed E-state index contributed by atoms with van der Waals surface area (Å²) in [5, 5.41) is 9.03. The lowest BCUT2D eigenvalue weighted by atomic mass is 9.81. The Morgan fingerprint density at radius 3 is 2.62 bits per heavy atom. The fourth-order valence-corrected chi connectivity index (χ4v) is 2.35. The van der Waals surface area contributed by atoms with Gasteiger partial charge in [-0.3, -0.25) is 4.79 Å². The van der Waals surface area contributed by atoms with Crippen LogP contribution in [0.25, 0.3) is 0 Å². The molecule has 0 unspecified atom stereocenters. The third-order valence-corrected chi connectivity index (χ3v) is 3.24. The Morgan fingerprint density at radius 1 is 1.56 bits per heavy atom. The van der Waals surface area contributed by atoms with Crippen molar-refractivity contribution in [3.63, 3.8) is 0 Å². The zero-order valence-corrected chi connectivity index (χ0v) is 11.2. The van der Waals surface area contributed by atoms with Crippen LogP contribution in [-0.2, 0) is 10.2 Å². The molecule has 0 amide bonds. The lowest BCUT2D eigenvalue weighted by molar-refractivity contribution is -0.138. The Bertz CT molecular complexity index is 432. The summed E-state index contributed by atoms with van der Waals surface area (Å²) in [5.74, 6) is -1.49. The fourth-order valence-electron chi connectivity index (χ4n) is 1.61. The fraction of sp³-hybridized carbons (Fsp3) is 0.364. The van der Waals surface area contributed by atoms with E-state index in [0.717, 1.165) is 0 Å². The minimum absolute atomic E-state index is 0.180. The molecule has 0 heterocycles. The first-order valence-electron chi connectivity index (χ1n) is 4.61. The number of carbonyl (C=O) groups is 1. The van der Waals surface area contributed by atoms with E-state index < -0.39 is 17.2 Å². The molecule has 2 nitrogen and oxygen atoms in total. The highest BCUT2D eigenvalue weighted by Gasteiger charge is 2.30. The van der Waals surface area contributed by atoms with E-state index in [-0.39, 0.29) is 21.5 Å². The molecule has 1 N–H and O–H groups in total. The van der Waals surface area contributed by atoms with Gasteiger partial charge in [-0.25, -0.2) is 4.39 Å². The van der Waals surface area contributed by atoms with Crippen LogP contribution < -0.4 is 0 Å². The quantitative estimate of drug-likeness (QED) is 0.857. The van der Waals surface area contributed by atoms with E-state index in [1.807, 2.05) is 0 Å². The van der Waals surface area contributed by atoms with Crippen LogP contribution in [0.1, 0.15) is 25.8 Å². The lowest BCUT2D eigenvalue weighted by Gasteiger charge is -2.25. The highest BCUT2D eigenvalue weighted by molar-refractivity contribution is 9.10. The molecule has 16 heavy (non-hydrogen) atoms. The van der Waals surface area contributed by atoms with Crippen molar-refractivity contribution in [2.45, 2.75) is 25.7 Å². The van der Waals surface area contributed by atoms with Gasteiger partial charge in [-0.15, -0.1) is 0 Å². The maximum Gasteiger partial charge on any atom is 0.304 e. The number of carboxylic acid groups (broad SMARTS) is 1. The van der Waals surface area contributed by atoms with Crippen LogP contribution in [0.2, 0.25) is 5.02 Å². The lowest BCUT2D eigenvalue weighted by Crippen LogP contribution is -2.23. The first-order valence-corrected chi connectivity index (χ1v) is 5.78. The van der Waals surface area contributed by atoms with Gasteiger partial charge < -0.3 is 5.11 Å². The summed E-state index contributed by atoms with van der Waals surface area (Å²) in [7, 11) is 0. The van der Waals surface area contributed by atoms with Crippen LogP contribution in [-0.4, -0.2) is 11.1 Å². The molecule has 0 radical (unpaired) electrons. The minimum atomic E-state index is -0.986. The molecule has 0 aliphatic rings. The number of rotatable bonds is 3. The maximum atomic E-state index is 13.9. The predicted molar refractivity (Wildman–Crippen MR) is 64.4 cm³/mol. The number of hydrogen-bond donors (Lipinski definition) is 1. The molecule has 0 bridgehead atoms. The molecular weight excluding hydrogens is 298 g/mol. The summed E-state index contributed by atoms with van der Waals surface area (Å²) in [4.78, 5) is 10.7. The van der Waals surface area contributed by atoms with Crippen LogP contribution >= 0.6 is 27.5 Å². The summed E-state index contributed by atoms with van der Waals surface area (Å²) in [6, 6.07) is 3.05. The molecule has 0 atom stereocenters. The predicted octanol–water partition coefficient (Wildman–Crippen LogP) is 3.99. The summed E-state index contributed by atoms with van der Waals surface area (Å²) in [6.07, 6.45) is -0.180. The van der Waals surface area contributed by atoms with Gasteiger partial charge in [0.1, 0.15) is 5.82 Å². The van der Waals surface area contributed by atoms with E-state index in [0.29, 0.717) is 0 Å². The van der Waals surface area contributed by atoms with Crippen LogP contribution in [0.3, 0.4) is 0 Å². The molecular formula is C11H11BrClFO2. The Hall–Kier alpha value is -0.610. The van der Waals surface area contributed by atoms with Crippen molar-refractivity contribution in [1.29, 1.82) is 0 Å². The largest absolute Gasteiger partial charge is 0.481 e. The molecule has 0 saturated heterocycles. The van der Waals surface area contributed by atoms with Crippen molar-refractivity contribution in [2.24, 2.45) is 0 Å². The first-order chi connectivity index (χ1) is 7.25. The van der Waals surface area contributed by atoms with Crippen LogP contribution in [0.15, 0.2) is 16.6 Å². The summed E-state index contributed by atoms with van der Waals surface area (Å²) in [6.45, 7) is 3.30. The molecule has 1 aromatic carbocycles. The van der Waals surface area contributed by atoms with Crippen molar-refractivity contribution >= 4 is 33.5 Å². The van der Waals surface area contributed by atoms with Gasteiger partial charge in [-0.1, -0.05) is 25.4 Å². The first kappa shape index (κ1) is 13.5. The molecule has 1 aromatic rings. The van der Waals surface area contributed by atoms with Crippen molar-refractivity contribution < 1.29 is 14.3 Å². The smallest absolute Gasteiger partial charge is 0.304 e. The second-order valence-electron chi connectivity index (χ2n) is 4.17. The average Bonchev–Trinajstić information content (AvgIpc) is 2.09. The Labute approximate surface area is 107 Å². The summed E-state index contributed by atoms with van der Waals surface area (Å²) < 4.78 is 14.2. The van der Waals surface area contributed by atoms with Gasteiger partial charge in [0, 0.05) is 16.0 Å². The summed E-state index contributed by atoms with van der Waals surface area (Å²) >= 11 is 8.97. The molecule has 0 fully saturated rings.